The standard InChI is InChI=1S/C17H24BrNO3/c1-3-11-22-17(2,13-4-5-13)16(20)19-14-6-8-15(9-7-14)21-12-10-18/h6-9,13H,3-5,10-12H2,1-2H3,(H,19,20)/t17-/m0/s1. The Balaban J connectivity index is 1.97. The summed E-state index contributed by atoms with van der Waals surface area (Å²) in [4.78, 5) is 12.6. The van der Waals surface area contributed by atoms with E-state index >= 15 is 0 Å². The van der Waals surface area contributed by atoms with Crippen LogP contribution >= 0.6 is 15.9 Å². The average molecular weight is 370 g/mol. The molecular formula is C17H24BrNO3. The lowest BCUT2D eigenvalue weighted by molar-refractivity contribution is -0.142. The van der Waals surface area contributed by atoms with Gasteiger partial charge in [-0.05, 0) is 56.4 Å². The predicted molar refractivity (Wildman–Crippen MR) is 91.7 cm³/mol. The summed E-state index contributed by atoms with van der Waals surface area (Å²) in [5.41, 5.74) is 0.0457. The van der Waals surface area contributed by atoms with Gasteiger partial charge in [-0.25, -0.2) is 0 Å². The van der Waals surface area contributed by atoms with Crippen molar-refractivity contribution in [1.29, 1.82) is 0 Å². The highest BCUT2D eigenvalue weighted by Crippen LogP contribution is 2.42. The van der Waals surface area contributed by atoms with Crippen LogP contribution in [0.5, 0.6) is 5.75 Å². The van der Waals surface area contributed by atoms with Crippen molar-refractivity contribution in [2.24, 2.45) is 5.92 Å². The van der Waals surface area contributed by atoms with Gasteiger partial charge in [0.05, 0.1) is 6.61 Å². The third kappa shape index (κ3) is 4.46. The molecule has 0 aromatic heterocycles. The van der Waals surface area contributed by atoms with Crippen LogP contribution in [0.3, 0.4) is 0 Å². The molecule has 0 heterocycles. The lowest BCUT2D eigenvalue weighted by Crippen LogP contribution is -2.45. The fourth-order valence-electron chi connectivity index (χ4n) is 2.36. The number of carbonyl (C=O) groups excluding carboxylic acids is 1. The molecule has 1 amide bonds. The van der Waals surface area contributed by atoms with Crippen LogP contribution in [-0.4, -0.2) is 30.1 Å². The van der Waals surface area contributed by atoms with Gasteiger partial charge < -0.3 is 14.8 Å². The number of ether oxygens (including phenoxy) is 2. The van der Waals surface area contributed by atoms with Crippen molar-refractivity contribution >= 4 is 27.5 Å². The van der Waals surface area contributed by atoms with Crippen LogP contribution in [0, 0.1) is 5.92 Å². The zero-order valence-electron chi connectivity index (χ0n) is 13.2. The summed E-state index contributed by atoms with van der Waals surface area (Å²) in [5.74, 6) is 1.07. The maximum atomic E-state index is 12.6. The predicted octanol–water partition coefficient (Wildman–Crippen LogP) is 3.99. The van der Waals surface area contributed by atoms with Crippen molar-refractivity contribution in [1.82, 2.24) is 0 Å². The first-order valence-electron chi connectivity index (χ1n) is 7.84. The molecule has 1 saturated carbocycles. The van der Waals surface area contributed by atoms with E-state index in [1.807, 2.05) is 31.2 Å². The maximum Gasteiger partial charge on any atom is 0.256 e. The molecule has 1 aliphatic carbocycles. The van der Waals surface area contributed by atoms with Crippen LogP contribution in [0.25, 0.3) is 0 Å². The number of alkyl halides is 1. The van der Waals surface area contributed by atoms with Crippen molar-refractivity contribution in [3.8, 4) is 5.75 Å². The van der Waals surface area contributed by atoms with E-state index in [1.54, 1.807) is 0 Å². The van der Waals surface area contributed by atoms with E-state index < -0.39 is 5.60 Å². The largest absolute Gasteiger partial charge is 0.493 e. The van der Waals surface area contributed by atoms with Crippen LogP contribution in [0.1, 0.15) is 33.1 Å². The van der Waals surface area contributed by atoms with E-state index in [0.29, 0.717) is 19.1 Å². The summed E-state index contributed by atoms with van der Waals surface area (Å²) < 4.78 is 11.4. The van der Waals surface area contributed by atoms with Crippen LogP contribution in [-0.2, 0) is 9.53 Å². The summed E-state index contributed by atoms with van der Waals surface area (Å²) in [6.07, 6.45) is 3.04. The minimum Gasteiger partial charge on any atom is -0.493 e. The number of benzene rings is 1. The molecule has 2 rings (SSSR count). The molecule has 1 N–H and O–H groups in total. The summed E-state index contributed by atoms with van der Waals surface area (Å²) in [7, 11) is 0. The lowest BCUT2D eigenvalue weighted by Gasteiger charge is -2.28. The third-order valence-electron chi connectivity index (χ3n) is 3.87. The highest BCUT2D eigenvalue weighted by Gasteiger charge is 2.48. The number of hydrogen-bond donors (Lipinski definition) is 1. The van der Waals surface area contributed by atoms with Crippen molar-refractivity contribution in [3.05, 3.63) is 24.3 Å². The van der Waals surface area contributed by atoms with Crippen LogP contribution < -0.4 is 10.1 Å². The second-order valence-corrected chi connectivity index (χ2v) is 6.54. The van der Waals surface area contributed by atoms with E-state index in [0.717, 1.165) is 36.0 Å². The molecule has 22 heavy (non-hydrogen) atoms. The Morgan fingerprint density at radius 3 is 2.55 bits per heavy atom. The van der Waals surface area contributed by atoms with E-state index in [4.69, 9.17) is 9.47 Å². The Morgan fingerprint density at radius 2 is 2.00 bits per heavy atom. The van der Waals surface area contributed by atoms with Crippen LogP contribution in [0.4, 0.5) is 5.69 Å². The Labute approximate surface area is 140 Å². The van der Waals surface area contributed by atoms with Crippen LogP contribution in [0.2, 0.25) is 0 Å². The number of nitrogens with one attached hydrogen (secondary N) is 1. The first kappa shape index (κ1) is 17.3. The first-order valence-corrected chi connectivity index (χ1v) is 8.96. The fourth-order valence-corrected chi connectivity index (χ4v) is 2.53. The minimum atomic E-state index is -0.721. The normalized spacial score (nSPS) is 16.9. The molecule has 1 fully saturated rings. The molecule has 0 aliphatic heterocycles. The van der Waals surface area contributed by atoms with Crippen LogP contribution in [0.15, 0.2) is 24.3 Å². The van der Waals surface area contributed by atoms with Crippen molar-refractivity contribution in [3.63, 3.8) is 0 Å². The Bertz CT molecular complexity index is 487. The molecule has 0 radical (unpaired) electrons. The number of carbonyl (C=O) groups is 1. The molecule has 0 saturated heterocycles. The van der Waals surface area contributed by atoms with Gasteiger partial charge in [-0.1, -0.05) is 22.9 Å². The van der Waals surface area contributed by atoms with Gasteiger partial charge in [-0.3, -0.25) is 4.79 Å². The number of amides is 1. The second-order valence-electron chi connectivity index (χ2n) is 5.75. The van der Waals surface area contributed by atoms with Crippen molar-refractivity contribution in [2.45, 2.75) is 38.7 Å². The molecule has 0 bridgehead atoms. The van der Waals surface area contributed by atoms with Gasteiger partial charge in [0.15, 0.2) is 0 Å². The van der Waals surface area contributed by atoms with Gasteiger partial charge in [0.1, 0.15) is 11.4 Å². The average Bonchev–Trinajstić information content (AvgIpc) is 3.37. The quantitative estimate of drug-likeness (QED) is 0.669. The van der Waals surface area contributed by atoms with E-state index in [1.165, 1.54) is 0 Å². The second kappa shape index (κ2) is 7.97. The number of halogens is 1. The van der Waals surface area contributed by atoms with Gasteiger partial charge in [0, 0.05) is 17.6 Å². The van der Waals surface area contributed by atoms with Crippen molar-refractivity contribution in [2.75, 3.05) is 23.9 Å². The van der Waals surface area contributed by atoms with E-state index in [-0.39, 0.29) is 5.91 Å². The molecule has 4 nitrogen and oxygen atoms in total. The van der Waals surface area contributed by atoms with Gasteiger partial charge in [-0.2, -0.15) is 0 Å². The molecule has 1 atom stereocenters. The van der Waals surface area contributed by atoms with Gasteiger partial charge in [0.25, 0.3) is 5.91 Å². The zero-order valence-corrected chi connectivity index (χ0v) is 14.8. The fraction of sp³-hybridized carbons (Fsp3) is 0.588. The van der Waals surface area contributed by atoms with E-state index in [2.05, 4.69) is 28.2 Å². The molecule has 1 aromatic carbocycles. The third-order valence-corrected chi connectivity index (χ3v) is 4.20. The molecule has 1 aromatic rings. The summed E-state index contributed by atoms with van der Waals surface area (Å²) in [5, 5.41) is 3.76. The Morgan fingerprint density at radius 1 is 1.32 bits per heavy atom. The zero-order chi connectivity index (χ0) is 16.0. The van der Waals surface area contributed by atoms with Gasteiger partial charge >= 0.3 is 0 Å². The summed E-state index contributed by atoms with van der Waals surface area (Å²) in [6.45, 7) is 5.19. The van der Waals surface area contributed by atoms with Crippen molar-refractivity contribution < 1.29 is 14.3 Å². The maximum absolute atomic E-state index is 12.6. The molecule has 0 spiro atoms. The smallest absolute Gasteiger partial charge is 0.256 e. The highest BCUT2D eigenvalue weighted by atomic mass is 79.9. The highest BCUT2D eigenvalue weighted by molar-refractivity contribution is 9.09. The Kier molecular flexibility index (Phi) is 6.26. The Hall–Kier alpha value is -1.07. The monoisotopic (exact) mass is 369 g/mol. The van der Waals surface area contributed by atoms with Gasteiger partial charge in [-0.15, -0.1) is 0 Å². The molecule has 1 aliphatic rings. The SMILES string of the molecule is CCCO[C@](C)(C(=O)Nc1ccc(OCCBr)cc1)C1CC1. The summed E-state index contributed by atoms with van der Waals surface area (Å²) >= 11 is 3.32. The first-order chi connectivity index (χ1) is 10.6. The molecular weight excluding hydrogens is 346 g/mol. The number of rotatable bonds is 9. The topological polar surface area (TPSA) is 47.6 Å². The summed E-state index contributed by atoms with van der Waals surface area (Å²) in [6, 6.07) is 7.43. The minimum absolute atomic E-state index is 0.0578. The molecule has 5 heteroatoms. The number of hydrogen-bond acceptors (Lipinski definition) is 3. The molecule has 0 unspecified atom stereocenters. The lowest BCUT2D eigenvalue weighted by atomic mass is 9.98. The molecule has 122 valence electrons. The van der Waals surface area contributed by atoms with E-state index in [9.17, 15) is 4.79 Å². The van der Waals surface area contributed by atoms with Gasteiger partial charge in [0.2, 0.25) is 0 Å². The number of anilines is 1.